The van der Waals surface area contributed by atoms with E-state index in [4.69, 9.17) is 28.1 Å². The van der Waals surface area contributed by atoms with Crippen molar-refractivity contribution in [2.75, 3.05) is 46.6 Å². The highest BCUT2D eigenvalue weighted by Gasteiger charge is 2.18. The number of amides is 1. The zero-order valence-corrected chi connectivity index (χ0v) is 24.4. The van der Waals surface area contributed by atoms with E-state index in [0.29, 0.717) is 45.6 Å². The van der Waals surface area contributed by atoms with Gasteiger partial charge >= 0.3 is 0 Å². The summed E-state index contributed by atoms with van der Waals surface area (Å²) in [5.74, 6) is 2.32. The van der Waals surface area contributed by atoms with Crippen molar-refractivity contribution in [2.45, 2.75) is 5.22 Å². The van der Waals surface area contributed by atoms with Crippen molar-refractivity contribution in [2.24, 2.45) is 0 Å². The minimum atomic E-state index is -0.278. The van der Waals surface area contributed by atoms with Crippen LogP contribution in [0, 0.1) is 0 Å². The lowest BCUT2D eigenvalue weighted by molar-refractivity contribution is -0.113. The van der Waals surface area contributed by atoms with Crippen molar-refractivity contribution in [3.8, 4) is 40.2 Å². The van der Waals surface area contributed by atoms with Crippen LogP contribution in [0.5, 0.6) is 28.7 Å². The van der Waals surface area contributed by atoms with Crippen LogP contribution in [0.2, 0.25) is 0 Å². The fraction of sp³-hybridized carbons (Fsp3) is 0.200. The molecule has 11 nitrogen and oxygen atoms in total. The molecule has 4 aromatic rings. The van der Waals surface area contributed by atoms with E-state index in [1.54, 1.807) is 68.8 Å². The number of ether oxygens (including phenoxy) is 5. The largest absolute Gasteiger partial charge is 0.493 e. The second-order valence-corrected chi connectivity index (χ2v) is 9.44. The molecular weight excluding hydrogens is 562 g/mol. The van der Waals surface area contributed by atoms with Gasteiger partial charge in [0.05, 0.1) is 41.3 Å². The smallest absolute Gasteiger partial charge is 0.277 e. The average molecular weight is 592 g/mol. The van der Waals surface area contributed by atoms with E-state index in [-0.39, 0.29) is 28.6 Å². The maximum absolute atomic E-state index is 12.6. The van der Waals surface area contributed by atoms with Crippen LogP contribution in [0.3, 0.4) is 0 Å². The summed E-state index contributed by atoms with van der Waals surface area (Å²) in [6.45, 7) is 0. The Morgan fingerprint density at radius 2 is 1.48 bits per heavy atom. The fourth-order valence-electron chi connectivity index (χ4n) is 3.86. The predicted octanol–water partition coefficient (Wildman–Crippen LogP) is 5.41. The fourth-order valence-corrected chi connectivity index (χ4v) is 4.42. The van der Waals surface area contributed by atoms with Crippen LogP contribution in [-0.2, 0) is 4.79 Å². The van der Waals surface area contributed by atoms with Gasteiger partial charge < -0.3 is 33.4 Å². The number of ketones is 1. The number of aromatic nitrogens is 2. The van der Waals surface area contributed by atoms with E-state index in [2.05, 4.69) is 15.5 Å². The third kappa shape index (κ3) is 7.21. The Hall–Kier alpha value is -4.97. The van der Waals surface area contributed by atoms with E-state index in [0.717, 1.165) is 17.3 Å². The maximum Gasteiger partial charge on any atom is 0.277 e. The van der Waals surface area contributed by atoms with Gasteiger partial charge in [-0.2, -0.15) is 0 Å². The molecule has 1 amide bonds. The van der Waals surface area contributed by atoms with Crippen molar-refractivity contribution >= 4 is 35.2 Å². The number of nitrogens with zero attached hydrogens (tertiary/aromatic N) is 2. The molecule has 1 heterocycles. The summed E-state index contributed by atoms with van der Waals surface area (Å²) in [6, 6.07) is 15.4. The Balaban J connectivity index is 1.32. The van der Waals surface area contributed by atoms with Gasteiger partial charge in [0.1, 0.15) is 0 Å². The maximum atomic E-state index is 12.6. The number of hydrogen-bond donors (Lipinski definition) is 1. The number of anilines is 1. The first-order valence-electron chi connectivity index (χ1n) is 12.5. The van der Waals surface area contributed by atoms with Gasteiger partial charge in [0.2, 0.25) is 17.5 Å². The lowest BCUT2D eigenvalue weighted by Crippen LogP contribution is -2.14. The lowest BCUT2D eigenvalue weighted by Gasteiger charge is -2.12. The number of benzene rings is 3. The monoisotopic (exact) mass is 591 g/mol. The highest BCUT2D eigenvalue weighted by atomic mass is 32.2. The van der Waals surface area contributed by atoms with Gasteiger partial charge in [-0.05, 0) is 60.2 Å². The van der Waals surface area contributed by atoms with Gasteiger partial charge in [0.25, 0.3) is 5.22 Å². The summed E-state index contributed by atoms with van der Waals surface area (Å²) < 4.78 is 32.3. The van der Waals surface area contributed by atoms with Crippen LogP contribution in [0.25, 0.3) is 17.5 Å². The third-order valence-electron chi connectivity index (χ3n) is 5.93. The Bertz CT molecular complexity index is 1560. The Morgan fingerprint density at radius 1 is 0.810 bits per heavy atom. The van der Waals surface area contributed by atoms with E-state index in [9.17, 15) is 9.59 Å². The number of methoxy groups -OCH3 is 5. The van der Waals surface area contributed by atoms with Crippen LogP contribution in [0.1, 0.15) is 15.9 Å². The molecular formula is C30H29N3O8S. The molecule has 0 radical (unpaired) electrons. The topological polar surface area (TPSA) is 131 Å². The van der Waals surface area contributed by atoms with E-state index < -0.39 is 0 Å². The van der Waals surface area contributed by atoms with Crippen LogP contribution in [0.15, 0.2) is 70.3 Å². The first-order chi connectivity index (χ1) is 20.4. The van der Waals surface area contributed by atoms with Crippen LogP contribution >= 0.6 is 11.8 Å². The summed E-state index contributed by atoms with van der Waals surface area (Å²) in [5.41, 5.74) is 2.38. The number of nitrogens with one attached hydrogen (secondary N) is 1. The SMILES string of the molecule is COc1ccc(/C=C/C(=O)c2ccc(NC(=O)CSc3nnc(-c4cc(OC)c(OC)c(OC)c4)o3)cc2)cc1OC. The molecule has 3 aromatic carbocycles. The summed E-state index contributed by atoms with van der Waals surface area (Å²) >= 11 is 1.09. The summed E-state index contributed by atoms with van der Waals surface area (Å²) in [4.78, 5) is 25.1. The molecule has 12 heteroatoms. The Morgan fingerprint density at radius 3 is 2.10 bits per heavy atom. The minimum absolute atomic E-state index is 0.0334. The molecule has 0 spiro atoms. The number of thioether (sulfide) groups is 1. The van der Waals surface area contributed by atoms with Gasteiger partial charge in [0, 0.05) is 16.8 Å². The molecule has 0 unspecified atom stereocenters. The van der Waals surface area contributed by atoms with Crippen LogP contribution in [-0.4, -0.2) is 63.2 Å². The van der Waals surface area contributed by atoms with Gasteiger partial charge in [-0.3, -0.25) is 9.59 Å². The molecule has 0 bridgehead atoms. The highest BCUT2D eigenvalue weighted by molar-refractivity contribution is 7.99. The lowest BCUT2D eigenvalue weighted by atomic mass is 10.1. The first kappa shape index (κ1) is 30.0. The summed E-state index contributed by atoms with van der Waals surface area (Å²) in [7, 11) is 7.65. The molecule has 218 valence electrons. The molecule has 0 saturated carbocycles. The van der Waals surface area contributed by atoms with Crippen LogP contribution in [0.4, 0.5) is 5.69 Å². The second kappa shape index (κ2) is 14.1. The number of carbonyl (C=O) groups is 2. The highest BCUT2D eigenvalue weighted by Crippen LogP contribution is 2.41. The minimum Gasteiger partial charge on any atom is -0.493 e. The van der Waals surface area contributed by atoms with Crippen LogP contribution < -0.4 is 29.0 Å². The molecule has 42 heavy (non-hydrogen) atoms. The zero-order chi connectivity index (χ0) is 30.1. The van der Waals surface area contributed by atoms with Crippen molar-refractivity contribution in [3.63, 3.8) is 0 Å². The molecule has 0 aliphatic heterocycles. The normalized spacial score (nSPS) is 10.8. The predicted molar refractivity (Wildman–Crippen MR) is 158 cm³/mol. The molecule has 0 aliphatic carbocycles. The van der Waals surface area contributed by atoms with Crippen molar-refractivity contribution in [1.29, 1.82) is 0 Å². The molecule has 0 saturated heterocycles. The molecule has 0 atom stereocenters. The van der Waals surface area contributed by atoms with Crippen molar-refractivity contribution < 1.29 is 37.7 Å². The Kier molecular flexibility index (Phi) is 10.1. The van der Waals surface area contributed by atoms with E-state index in [1.807, 2.05) is 6.07 Å². The number of allylic oxidation sites excluding steroid dienone is 1. The van der Waals surface area contributed by atoms with Gasteiger partial charge in [-0.15, -0.1) is 10.2 Å². The number of carbonyl (C=O) groups excluding carboxylic acids is 2. The number of rotatable bonds is 13. The van der Waals surface area contributed by atoms with E-state index >= 15 is 0 Å². The average Bonchev–Trinajstić information content (AvgIpc) is 3.51. The molecule has 1 N–H and O–H groups in total. The van der Waals surface area contributed by atoms with Crippen molar-refractivity contribution in [3.05, 3.63) is 71.8 Å². The third-order valence-corrected chi connectivity index (χ3v) is 6.75. The standard InChI is InChI=1S/C30H29N3O8S/c1-36-23-13-7-18(14-24(23)37-2)6-12-22(34)19-8-10-21(11-9-19)31-27(35)17-42-30-33-32-29(41-30)20-15-25(38-3)28(40-5)26(16-20)39-4/h6-16H,17H2,1-5H3,(H,31,35)/b12-6+. The van der Waals surface area contributed by atoms with Crippen molar-refractivity contribution in [1.82, 2.24) is 10.2 Å². The molecule has 0 fully saturated rings. The molecule has 0 aliphatic rings. The molecule has 4 rings (SSSR count). The Labute approximate surface area is 246 Å². The number of hydrogen-bond acceptors (Lipinski definition) is 11. The second-order valence-electron chi connectivity index (χ2n) is 8.51. The van der Waals surface area contributed by atoms with Gasteiger partial charge in [0.15, 0.2) is 28.8 Å². The van der Waals surface area contributed by atoms with Gasteiger partial charge in [-0.25, -0.2) is 0 Å². The first-order valence-corrected chi connectivity index (χ1v) is 13.5. The summed E-state index contributed by atoms with van der Waals surface area (Å²) in [5, 5.41) is 11.1. The summed E-state index contributed by atoms with van der Waals surface area (Å²) in [6.07, 6.45) is 3.17. The quantitative estimate of drug-likeness (QED) is 0.122. The zero-order valence-electron chi connectivity index (χ0n) is 23.6. The van der Waals surface area contributed by atoms with Gasteiger partial charge in [-0.1, -0.05) is 23.9 Å². The molecule has 1 aromatic heterocycles. The van der Waals surface area contributed by atoms with E-state index in [1.165, 1.54) is 27.4 Å².